The molecule has 2 amide bonds. The molecule has 0 saturated heterocycles. The quantitative estimate of drug-likeness (QED) is 0.735. The van der Waals surface area contributed by atoms with Crippen molar-refractivity contribution in [3.05, 3.63) is 23.8 Å². The summed E-state index contributed by atoms with van der Waals surface area (Å²) in [6.45, 7) is 4.52. The van der Waals surface area contributed by atoms with E-state index in [1.807, 2.05) is 31.0 Å². The first-order valence-corrected chi connectivity index (χ1v) is 9.91. The third kappa shape index (κ3) is 4.58. The molecule has 1 atom stereocenters. The number of fused-ring (bicyclic) bond motifs is 1. The maximum absolute atomic E-state index is 12.5. The highest BCUT2D eigenvalue weighted by Crippen LogP contribution is 2.45. The molecule has 1 fully saturated rings. The first-order valence-electron chi connectivity index (χ1n) is 9.91. The van der Waals surface area contributed by atoms with Crippen LogP contribution in [-0.4, -0.2) is 70.3 Å². The first-order chi connectivity index (χ1) is 13.3. The molecule has 1 saturated carbocycles. The molecule has 7 nitrogen and oxygen atoms in total. The summed E-state index contributed by atoms with van der Waals surface area (Å²) in [5, 5.41) is 3.07. The Morgan fingerprint density at radius 1 is 1.36 bits per heavy atom. The number of benzene rings is 1. The minimum Gasteiger partial charge on any atom is -0.489 e. The van der Waals surface area contributed by atoms with Crippen LogP contribution >= 0.6 is 0 Å². The number of amides is 2. The lowest BCUT2D eigenvalue weighted by atomic mass is 10.1. The molecule has 1 heterocycles. The number of hydrogen-bond donors (Lipinski definition) is 1. The minimum atomic E-state index is -0.0701. The summed E-state index contributed by atoms with van der Waals surface area (Å²) >= 11 is 0. The van der Waals surface area contributed by atoms with E-state index in [-0.39, 0.29) is 23.3 Å². The fourth-order valence-corrected chi connectivity index (χ4v) is 3.44. The molecule has 0 aromatic heterocycles. The number of rotatable bonds is 8. The predicted molar refractivity (Wildman–Crippen MR) is 108 cm³/mol. The van der Waals surface area contributed by atoms with Crippen molar-refractivity contribution in [1.82, 2.24) is 10.2 Å². The maximum atomic E-state index is 12.5. The van der Waals surface area contributed by atoms with Crippen molar-refractivity contribution in [3.63, 3.8) is 0 Å². The predicted octanol–water partition coefficient (Wildman–Crippen LogP) is 1.91. The van der Waals surface area contributed by atoms with Gasteiger partial charge < -0.3 is 24.6 Å². The normalized spacial score (nSPS) is 19.4. The number of nitrogens with one attached hydrogen (secondary N) is 1. The Bertz CT molecular complexity index is 730. The fraction of sp³-hybridized carbons (Fsp3) is 0.619. The molecule has 0 spiro atoms. The van der Waals surface area contributed by atoms with Crippen molar-refractivity contribution in [2.75, 3.05) is 52.4 Å². The van der Waals surface area contributed by atoms with E-state index in [1.165, 1.54) is 0 Å². The molecule has 1 aliphatic carbocycles. The van der Waals surface area contributed by atoms with Gasteiger partial charge in [0.1, 0.15) is 12.4 Å². The van der Waals surface area contributed by atoms with E-state index in [1.54, 1.807) is 25.1 Å². The van der Waals surface area contributed by atoms with Crippen LogP contribution in [0, 0.1) is 5.41 Å². The van der Waals surface area contributed by atoms with Gasteiger partial charge in [0.15, 0.2) is 0 Å². The molecule has 1 aromatic rings. The van der Waals surface area contributed by atoms with Crippen LogP contribution in [0.5, 0.6) is 5.75 Å². The van der Waals surface area contributed by atoms with Crippen LogP contribution in [0.2, 0.25) is 0 Å². The molecule has 154 valence electrons. The smallest absolute Gasteiger partial charge is 0.253 e. The van der Waals surface area contributed by atoms with Gasteiger partial charge in [-0.05, 0) is 38.0 Å². The van der Waals surface area contributed by atoms with Crippen LogP contribution < -0.4 is 15.0 Å². The van der Waals surface area contributed by atoms with Gasteiger partial charge >= 0.3 is 0 Å². The fourth-order valence-electron chi connectivity index (χ4n) is 3.44. The van der Waals surface area contributed by atoms with Gasteiger partial charge in [0.05, 0.1) is 24.8 Å². The number of anilines is 1. The van der Waals surface area contributed by atoms with Gasteiger partial charge in [-0.15, -0.1) is 0 Å². The Labute approximate surface area is 167 Å². The monoisotopic (exact) mass is 389 g/mol. The first kappa shape index (κ1) is 20.5. The summed E-state index contributed by atoms with van der Waals surface area (Å²) in [7, 11) is 5.40. The number of hydrogen-bond acceptors (Lipinski definition) is 5. The van der Waals surface area contributed by atoms with Crippen molar-refractivity contribution in [3.8, 4) is 5.75 Å². The van der Waals surface area contributed by atoms with Gasteiger partial charge in [0, 0.05) is 45.3 Å². The number of likely N-dealkylation sites (N-methyl/N-ethyl adjacent to an activating group) is 1. The molecule has 1 N–H and O–H groups in total. The summed E-state index contributed by atoms with van der Waals surface area (Å²) in [4.78, 5) is 28.3. The number of carbonyl (C=O) groups is 2. The number of nitrogens with zero attached hydrogens (tertiary/aromatic N) is 2. The second-order valence-electron chi connectivity index (χ2n) is 8.08. The third-order valence-electron chi connectivity index (χ3n) is 5.62. The van der Waals surface area contributed by atoms with Gasteiger partial charge in [0.2, 0.25) is 5.91 Å². The van der Waals surface area contributed by atoms with Crippen LogP contribution in [0.15, 0.2) is 18.2 Å². The van der Waals surface area contributed by atoms with E-state index in [9.17, 15) is 9.59 Å². The van der Waals surface area contributed by atoms with Crippen molar-refractivity contribution >= 4 is 17.5 Å². The van der Waals surface area contributed by atoms with Crippen molar-refractivity contribution < 1.29 is 19.1 Å². The second-order valence-corrected chi connectivity index (χ2v) is 8.08. The highest BCUT2D eigenvalue weighted by Gasteiger charge is 2.43. The van der Waals surface area contributed by atoms with Gasteiger partial charge in [0.25, 0.3) is 5.91 Å². The van der Waals surface area contributed by atoms with E-state index in [0.717, 1.165) is 24.3 Å². The molecule has 28 heavy (non-hydrogen) atoms. The Balaban J connectivity index is 1.59. The van der Waals surface area contributed by atoms with E-state index >= 15 is 0 Å². The molecule has 3 rings (SSSR count). The molecule has 1 aliphatic heterocycles. The highest BCUT2D eigenvalue weighted by molar-refractivity contribution is 5.95. The van der Waals surface area contributed by atoms with Gasteiger partial charge in [-0.25, -0.2) is 0 Å². The molecule has 1 aromatic carbocycles. The van der Waals surface area contributed by atoms with Gasteiger partial charge in [-0.1, -0.05) is 0 Å². The Hall–Kier alpha value is -2.28. The van der Waals surface area contributed by atoms with Crippen LogP contribution in [0.4, 0.5) is 5.69 Å². The lowest BCUT2D eigenvalue weighted by molar-refractivity contribution is -0.122. The Morgan fingerprint density at radius 2 is 2.11 bits per heavy atom. The lowest BCUT2D eigenvalue weighted by Gasteiger charge is -2.36. The standard InChI is InChI=1S/C21H31N3O4/c1-5-27-14-21(8-9-21)13-22-19(25)11-16-12-28-18-7-6-15(20(26)23(2)3)10-17(18)24(16)4/h6-7,10,16H,5,8-9,11-14H2,1-4H3,(H,22,25)/t16-/m1/s1. The molecular formula is C21H31N3O4. The molecular weight excluding hydrogens is 358 g/mol. The average molecular weight is 389 g/mol. The van der Waals surface area contributed by atoms with Crippen molar-refractivity contribution in [2.24, 2.45) is 5.41 Å². The summed E-state index contributed by atoms with van der Waals surface area (Å²) in [6, 6.07) is 5.36. The van der Waals surface area contributed by atoms with Gasteiger partial charge in [-0.3, -0.25) is 9.59 Å². The minimum absolute atomic E-state index is 0.0206. The van der Waals surface area contributed by atoms with Crippen molar-refractivity contribution in [2.45, 2.75) is 32.2 Å². The van der Waals surface area contributed by atoms with Crippen LogP contribution in [-0.2, 0) is 9.53 Å². The Morgan fingerprint density at radius 3 is 2.75 bits per heavy atom. The molecule has 0 bridgehead atoms. The summed E-state index contributed by atoms with van der Waals surface area (Å²) in [5.74, 6) is 0.704. The van der Waals surface area contributed by atoms with E-state index < -0.39 is 0 Å². The summed E-state index contributed by atoms with van der Waals surface area (Å²) in [5.41, 5.74) is 1.58. The molecule has 0 unspecified atom stereocenters. The van der Waals surface area contributed by atoms with Crippen LogP contribution in [0.25, 0.3) is 0 Å². The molecule has 2 aliphatic rings. The summed E-state index contributed by atoms with van der Waals surface area (Å²) < 4.78 is 11.4. The van der Waals surface area contributed by atoms with Crippen LogP contribution in [0.3, 0.4) is 0 Å². The SMILES string of the molecule is CCOCC1(CNC(=O)C[C@@H]2COc3ccc(C(=O)N(C)C)cc3N2C)CC1. The van der Waals surface area contributed by atoms with Crippen molar-refractivity contribution in [1.29, 1.82) is 0 Å². The largest absolute Gasteiger partial charge is 0.489 e. The topological polar surface area (TPSA) is 71.1 Å². The number of ether oxygens (including phenoxy) is 2. The number of carbonyl (C=O) groups excluding carboxylic acids is 2. The zero-order valence-electron chi connectivity index (χ0n) is 17.3. The third-order valence-corrected chi connectivity index (χ3v) is 5.62. The lowest BCUT2D eigenvalue weighted by Crippen LogP contribution is -2.44. The zero-order valence-corrected chi connectivity index (χ0v) is 17.3. The summed E-state index contributed by atoms with van der Waals surface area (Å²) in [6.07, 6.45) is 2.57. The van der Waals surface area contributed by atoms with Gasteiger partial charge in [-0.2, -0.15) is 0 Å². The zero-order chi connectivity index (χ0) is 20.3. The Kier molecular flexibility index (Phi) is 6.13. The maximum Gasteiger partial charge on any atom is 0.253 e. The molecule has 0 radical (unpaired) electrons. The van der Waals surface area contributed by atoms with E-state index in [0.29, 0.717) is 38.3 Å². The van der Waals surface area contributed by atoms with E-state index in [2.05, 4.69) is 5.32 Å². The highest BCUT2D eigenvalue weighted by atomic mass is 16.5. The second kappa shape index (κ2) is 8.39. The molecule has 7 heteroatoms. The average Bonchev–Trinajstić information content (AvgIpc) is 3.46. The van der Waals surface area contributed by atoms with E-state index in [4.69, 9.17) is 9.47 Å². The van der Waals surface area contributed by atoms with Crippen LogP contribution in [0.1, 0.15) is 36.5 Å².